The maximum absolute atomic E-state index is 12.0. The summed E-state index contributed by atoms with van der Waals surface area (Å²) in [5.74, 6) is 1.72. The summed E-state index contributed by atoms with van der Waals surface area (Å²) in [6.07, 6.45) is 0.537. The molecule has 0 N–H and O–H groups in total. The quantitative estimate of drug-likeness (QED) is 0.784. The zero-order valence-corrected chi connectivity index (χ0v) is 13.0. The number of hydrogen-bond acceptors (Lipinski definition) is 2. The zero-order chi connectivity index (χ0) is 15.4. The fourth-order valence-electron chi connectivity index (χ4n) is 2.60. The molecule has 1 heterocycles. The summed E-state index contributed by atoms with van der Waals surface area (Å²) in [4.78, 5) is 13.8. The van der Waals surface area contributed by atoms with Crippen LogP contribution < -0.4 is 9.64 Å². The van der Waals surface area contributed by atoms with Gasteiger partial charge in [0.1, 0.15) is 12.4 Å². The summed E-state index contributed by atoms with van der Waals surface area (Å²) in [7, 11) is 0. The number of benzene rings is 2. The number of amides is 1. The summed E-state index contributed by atoms with van der Waals surface area (Å²) >= 11 is 5.85. The number of carbonyl (C=O) groups is 1. The Kier molecular flexibility index (Phi) is 4.64. The third kappa shape index (κ3) is 3.42. The van der Waals surface area contributed by atoms with Crippen molar-refractivity contribution in [1.29, 1.82) is 0 Å². The monoisotopic (exact) mass is 315 g/mol. The minimum absolute atomic E-state index is 0.142. The Morgan fingerprint density at radius 1 is 1.09 bits per heavy atom. The number of anilines is 1. The summed E-state index contributed by atoms with van der Waals surface area (Å²) in [6, 6.07) is 17.7. The van der Waals surface area contributed by atoms with Gasteiger partial charge >= 0.3 is 0 Å². The average molecular weight is 316 g/mol. The highest BCUT2D eigenvalue weighted by Crippen LogP contribution is 2.27. The summed E-state index contributed by atoms with van der Waals surface area (Å²) < 4.78 is 5.75. The molecule has 1 atom stereocenters. The SMILES string of the molecule is O=C1C[C@H](CCl)CN1c1ccc(OCc2ccccc2)cc1. The second-order valence-corrected chi connectivity index (χ2v) is 5.81. The van der Waals surface area contributed by atoms with Crippen LogP contribution in [0.5, 0.6) is 5.75 Å². The van der Waals surface area contributed by atoms with Crippen molar-refractivity contribution in [3.63, 3.8) is 0 Å². The van der Waals surface area contributed by atoms with E-state index in [-0.39, 0.29) is 11.8 Å². The van der Waals surface area contributed by atoms with Gasteiger partial charge in [-0.1, -0.05) is 30.3 Å². The molecular formula is C18H18ClNO2. The molecule has 0 bridgehead atoms. The van der Waals surface area contributed by atoms with E-state index in [1.165, 1.54) is 0 Å². The van der Waals surface area contributed by atoms with Gasteiger partial charge in [-0.2, -0.15) is 0 Å². The van der Waals surface area contributed by atoms with Crippen molar-refractivity contribution < 1.29 is 9.53 Å². The van der Waals surface area contributed by atoms with Crippen molar-refractivity contribution in [1.82, 2.24) is 0 Å². The number of halogens is 1. The van der Waals surface area contributed by atoms with Crippen LogP contribution in [0.1, 0.15) is 12.0 Å². The van der Waals surface area contributed by atoms with Crippen LogP contribution in [0.4, 0.5) is 5.69 Å². The van der Waals surface area contributed by atoms with Crippen LogP contribution in [-0.4, -0.2) is 18.3 Å². The van der Waals surface area contributed by atoms with Gasteiger partial charge in [0.25, 0.3) is 0 Å². The van der Waals surface area contributed by atoms with Crippen molar-refractivity contribution in [3.8, 4) is 5.75 Å². The number of alkyl halides is 1. The third-order valence-corrected chi connectivity index (χ3v) is 4.26. The minimum Gasteiger partial charge on any atom is -0.489 e. The lowest BCUT2D eigenvalue weighted by Gasteiger charge is -2.17. The molecule has 4 heteroatoms. The molecule has 2 aromatic carbocycles. The predicted octanol–water partition coefficient (Wildman–Crippen LogP) is 3.86. The predicted molar refractivity (Wildman–Crippen MR) is 88.4 cm³/mol. The number of carbonyl (C=O) groups excluding carboxylic acids is 1. The lowest BCUT2D eigenvalue weighted by atomic mass is 10.1. The molecule has 0 spiro atoms. The maximum atomic E-state index is 12.0. The summed E-state index contributed by atoms with van der Waals surface area (Å²) in [5.41, 5.74) is 2.04. The Bertz CT molecular complexity index is 627. The highest BCUT2D eigenvalue weighted by atomic mass is 35.5. The molecule has 1 aliphatic heterocycles. The molecule has 3 rings (SSSR count). The summed E-state index contributed by atoms with van der Waals surface area (Å²) in [5, 5.41) is 0. The van der Waals surface area contributed by atoms with Gasteiger partial charge in [-0.3, -0.25) is 4.79 Å². The van der Waals surface area contributed by atoms with Crippen LogP contribution >= 0.6 is 11.6 Å². The van der Waals surface area contributed by atoms with Gasteiger partial charge in [-0.15, -0.1) is 11.6 Å². The highest BCUT2D eigenvalue weighted by Gasteiger charge is 2.29. The molecule has 1 saturated heterocycles. The Hall–Kier alpha value is -2.00. The van der Waals surface area contributed by atoms with E-state index in [1.54, 1.807) is 4.90 Å². The highest BCUT2D eigenvalue weighted by molar-refractivity contribution is 6.18. The van der Waals surface area contributed by atoms with Gasteiger partial charge in [0.15, 0.2) is 0 Å². The lowest BCUT2D eigenvalue weighted by Crippen LogP contribution is -2.24. The van der Waals surface area contributed by atoms with Gasteiger partial charge < -0.3 is 9.64 Å². The lowest BCUT2D eigenvalue weighted by molar-refractivity contribution is -0.117. The normalized spacial score (nSPS) is 17.8. The molecule has 114 valence electrons. The second kappa shape index (κ2) is 6.84. The van der Waals surface area contributed by atoms with Gasteiger partial charge in [0.05, 0.1) is 0 Å². The molecule has 2 aromatic rings. The fraction of sp³-hybridized carbons (Fsp3) is 0.278. The number of hydrogen-bond donors (Lipinski definition) is 0. The van der Waals surface area contributed by atoms with Crippen LogP contribution in [0.3, 0.4) is 0 Å². The first-order valence-corrected chi connectivity index (χ1v) is 7.93. The fourth-order valence-corrected chi connectivity index (χ4v) is 2.80. The van der Waals surface area contributed by atoms with Crippen LogP contribution in [0.25, 0.3) is 0 Å². The topological polar surface area (TPSA) is 29.5 Å². The van der Waals surface area contributed by atoms with E-state index in [0.29, 0.717) is 25.5 Å². The number of nitrogens with zero attached hydrogens (tertiary/aromatic N) is 1. The first-order valence-electron chi connectivity index (χ1n) is 7.39. The van der Waals surface area contributed by atoms with E-state index >= 15 is 0 Å². The molecule has 0 aromatic heterocycles. The third-order valence-electron chi connectivity index (χ3n) is 3.82. The van der Waals surface area contributed by atoms with Crippen LogP contribution in [0.15, 0.2) is 54.6 Å². The Balaban J connectivity index is 1.62. The number of ether oxygens (including phenoxy) is 1. The van der Waals surface area contributed by atoms with E-state index in [0.717, 1.165) is 17.0 Å². The van der Waals surface area contributed by atoms with E-state index in [9.17, 15) is 4.79 Å². The minimum atomic E-state index is 0.142. The standard InChI is InChI=1S/C18H18ClNO2/c19-11-15-10-18(21)20(12-15)16-6-8-17(9-7-16)22-13-14-4-2-1-3-5-14/h1-9,15H,10-13H2/t15-/m1/s1. The smallest absolute Gasteiger partial charge is 0.227 e. The van der Waals surface area contributed by atoms with Crippen LogP contribution in [0.2, 0.25) is 0 Å². The molecule has 22 heavy (non-hydrogen) atoms. The first-order chi connectivity index (χ1) is 10.8. The maximum Gasteiger partial charge on any atom is 0.227 e. The number of rotatable bonds is 5. The van der Waals surface area contributed by atoms with Crippen molar-refractivity contribution in [2.24, 2.45) is 5.92 Å². The Morgan fingerprint density at radius 3 is 2.45 bits per heavy atom. The molecule has 3 nitrogen and oxygen atoms in total. The molecule has 1 amide bonds. The van der Waals surface area contributed by atoms with Crippen molar-refractivity contribution in [3.05, 3.63) is 60.2 Å². The Labute approximate surface area is 135 Å². The van der Waals surface area contributed by atoms with Crippen molar-refractivity contribution >= 4 is 23.2 Å². The van der Waals surface area contributed by atoms with E-state index in [1.807, 2.05) is 54.6 Å². The molecular weight excluding hydrogens is 298 g/mol. The molecule has 0 saturated carbocycles. The Morgan fingerprint density at radius 2 is 1.82 bits per heavy atom. The van der Waals surface area contributed by atoms with E-state index < -0.39 is 0 Å². The average Bonchev–Trinajstić information content (AvgIpc) is 2.95. The molecule has 0 radical (unpaired) electrons. The molecule has 0 unspecified atom stereocenters. The zero-order valence-electron chi connectivity index (χ0n) is 12.2. The van der Waals surface area contributed by atoms with Gasteiger partial charge in [-0.05, 0) is 35.7 Å². The van der Waals surface area contributed by atoms with Crippen LogP contribution in [-0.2, 0) is 11.4 Å². The van der Waals surface area contributed by atoms with Gasteiger partial charge in [0.2, 0.25) is 5.91 Å². The first kappa shape index (κ1) is 14.9. The van der Waals surface area contributed by atoms with Gasteiger partial charge in [-0.25, -0.2) is 0 Å². The second-order valence-electron chi connectivity index (χ2n) is 5.50. The molecule has 0 aliphatic carbocycles. The largest absolute Gasteiger partial charge is 0.489 e. The van der Waals surface area contributed by atoms with Crippen LogP contribution in [0, 0.1) is 5.92 Å². The van der Waals surface area contributed by atoms with Gasteiger partial charge in [0, 0.05) is 24.5 Å². The van der Waals surface area contributed by atoms with Crippen molar-refractivity contribution in [2.75, 3.05) is 17.3 Å². The van der Waals surface area contributed by atoms with Crippen molar-refractivity contribution in [2.45, 2.75) is 13.0 Å². The summed E-state index contributed by atoms with van der Waals surface area (Å²) in [6.45, 7) is 1.24. The molecule has 1 fully saturated rings. The van der Waals surface area contributed by atoms with E-state index in [4.69, 9.17) is 16.3 Å². The van der Waals surface area contributed by atoms with E-state index in [2.05, 4.69) is 0 Å². The molecule has 1 aliphatic rings.